The molecule has 182 valence electrons. The van der Waals surface area contributed by atoms with Gasteiger partial charge in [0, 0.05) is 28.3 Å². The van der Waals surface area contributed by atoms with Gasteiger partial charge in [0.05, 0.1) is 22.1 Å². The molecule has 0 aliphatic heterocycles. The molecule has 0 unspecified atom stereocenters. The average Bonchev–Trinajstić information content (AvgIpc) is 2.85. The van der Waals surface area contributed by atoms with Crippen LogP contribution in [0.25, 0.3) is 32.9 Å². The molecule has 1 aromatic heterocycles. The van der Waals surface area contributed by atoms with Crippen LogP contribution in [0.1, 0.15) is 5.56 Å². The summed E-state index contributed by atoms with van der Waals surface area (Å²) in [6.45, 7) is 0. The molecule has 0 aliphatic rings. The fraction of sp³-hybridized carbons (Fsp3) is 0.0370. The minimum atomic E-state index is 0. The summed E-state index contributed by atoms with van der Waals surface area (Å²) in [4.78, 5) is 0. The van der Waals surface area contributed by atoms with Gasteiger partial charge in [-0.2, -0.15) is 4.57 Å². The maximum Gasteiger partial charge on any atom is 0.220 e. The van der Waals surface area contributed by atoms with E-state index in [4.69, 9.17) is 16.9 Å². The molecule has 0 radical (unpaired) electrons. The molecule has 36 heavy (non-hydrogen) atoms. The van der Waals surface area contributed by atoms with E-state index in [1.54, 1.807) is 12.1 Å². The molecule has 0 atom stereocenters. The van der Waals surface area contributed by atoms with Crippen molar-refractivity contribution in [2.45, 2.75) is 0 Å². The van der Waals surface area contributed by atoms with Gasteiger partial charge in [0.15, 0.2) is 0 Å². The van der Waals surface area contributed by atoms with Crippen LogP contribution in [-0.4, -0.2) is 5.84 Å². The summed E-state index contributed by atoms with van der Waals surface area (Å²) in [6.07, 6.45) is 0. The Bertz CT molecular complexity index is 1580. The lowest BCUT2D eigenvalue weighted by atomic mass is 9.98. The van der Waals surface area contributed by atoms with Crippen LogP contribution in [0.2, 0.25) is 0 Å². The van der Waals surface area contributed by atoms with Crippen molar-refractivity contribution < 1.29 is 21.5 Å². The first kappa shape index (κ1) is 26.8. The molecule has 0 aliphatic carbocycles. The Hall–Kier alpha value is -3.82. The van der Waals surface area contributed by atoms with Crippen molar-refractivity contribution in [3.63, 3.8) is 0 Å². The molecule has 0 amide bonds. The number of pyridine rings is 1. The number of hydrogen-bond acceptors (Lipinski definition) is 4. The lowest BCUT2D eigenvalue weighted by Crippen LogP contribution is -3.00. The zero-order valence-electron chi connectivity index (χ0n) is 19.4. The van der Waals surface area contributed by atoms with Crippen LogP contribution in [0.4, 0.5) is 17.1 Å². The van der Waals surface area contributed by atoms with Gasteiger partial charge in [-0.05, 0) is 48.5 Å². The molecular formula is C27H25Br2N7. The highest BCUT2D eigenvalue weighted by molar-refractivity contribution is 8.93. The number of nitrogens with two attached hydrogens (primary N) is 2. The third-order valence-corrected chi connectivity index (χ3v) is 5.83. The van der Waals surface area contributed by atoms with E-state index in [-0.39, 0.29) is 39.8 Å². The number of nitrogen functional groups attached to an aromatic ring is 2. The predicted molar refractivity (Wildman–Crippen MR) is 148 cm³/mol. The van der Waals surface area contributed by atoms with Crippen LogP contribution < -0.4 is 38.4 Å². The van der Waals surface area contributed by atoms with E-state index < -0.39 is 0 Å². The molecule has 4 aromatic carbocycles. The summed E-state index contributed by atoms with van der Waals surface area (Å²) in [6, 6.07) is 29.5. The summed E-state index contributed by atoms with van der Waals surface area (Å²) in [7, 11) is 2.06. The fourth-order valence-electron chi connectivity index (χ4n) is 4.22. The maximum absolute atomic E-state index is 7.58. The minimum Gasteiger partial charge on any atom is -1.00 e. The van der Waals surface area contributed by atoms with E-state index >= 15 is 0 Å². The highest BCUT2D eigenvalue weighted by Crippen LogP contribution is 2.34. The lowest BCUT2D eigenvalue weighted by Gasteiger charge is -2.10. The molecular weight excluding hydrogens is 582 g/mol. The van der Waals surface area contributed by atoms with Crippen molar-refractivity contribution in [1.29, 1.82) is 5.41 Å². The van der Waals surface area contributed by atoms with Crippen LogP contribution in [0.15, 0.2) is 101 Å². The maximum atomic E-state index is 7.58. The summed E-state index contributed by atoms with van der Waals surface area (Å²) >= 11 is 0. The average molecular weight is 607 g/mol. The first-order valence-electron chi connectivity index (χ1n) is 10.8. The Balaban J connectivity index is 0.00000180. The number of nitrogens with zero attached hydrogens (tertiary/aromatic N) is 3. The summed E-state index contributed by atoms with van der Waals surface area (Å²) in [5, 5.41) is 19.4. The van der Waals surface area contributed by atoms with Gasteiger partial charge in [-0.1, -0.05) is 41.6 Å². The van der Waals surface area contributed by atoms with Crippen LogP contribution in [0.5, 0.6) is 0 Å². The number of benzene rings is 4. The third kappa shape index (κ3) is 5.22. The van der Waals surface area contributed by atoms with Gasteiger partial charge in [0.25, 0.3) is 0 Å². The Morgan fingerprint density at radius 1 is 0.861 bits per heavy atom. The van der Waals surface area contributed by atoms with E-state index in [0.29, 0.717) is 11.3 Å². The quantitative estimate of drug-likeness (QED) is 0.0469. The van der Waals surface area contributed by atoms with Crippen LogP contribution in [0, 0.1) is 5.41 Å². The zero-order chi connectivity index (χ0) is 23.7. The Morgan fingerprint density at radius 3 is 2.36 bits per heavy atom. The number of amidine groups is 1. The van der Waals surface area contributed by atoms with Gasteiger partial charge in [-0.25, -0.2) is 0 Å². The third-order valence-electron chi connectivity index (χ3n) is 5.83. The number of aromatic nitrogens is 1. The first-order chi connectivity index (χ1) is 16.5. The number of hydrogen-bond donors (Lipinski definition) is 4. The second-order valence-electron chi connectivity index (χ2n) is 8.09. The number of fused-ring (bicyclic) bond motifs is 3. The number of rotatable bonds is 5. The number of halogens is 2. The highest BCUT2D eigenvalue weighted by Gasteiger charge is 2.21. The number of anilines is 2. The van der Waals surface area contributed by atoms with E-state index in [0.717, 1.165) is 44.3 Å². The minimum absolute atomic E-state index is 0. The molecule has 6 N–H and O–H groups in total. The van der Waals surface area contributed by atoms with Gasteiger partial charge in [-0.3, -0.25) is 10.8 Å². The van der Waals surface area contributed by atoms with Crippen molar-refractivity contribution in [3.8, 4) is 11.3 Å². The first-order valence-corrected chi connectivity index (χ1v) is 10.8. The smallest absolute Gasteiger partial charge is 0.220 e. The molecule has 7 nitrogen and oxygen atoms in total. The Labute approximate surface area is 229 Å². The molecule has 1 heterocycles. The van der Waals surface area contributed by atoms with Crippen molar-refractivity contribution in [2.75, 3.05) is 11.2 Å². The van der Waals surface area contributed by atoms with Crippen LogP contribution in [-0.2, 0) is 7.05 Å². The molecule has 9 heteroatoms. The normalized spacial score (nSPS) is 10.7. The van der Waals surface area contributed by atoms with Gasteiger partial charge in [0.1, 0.15) is 12.9 Å². The van der Waals surface area contributed by atoms with Crippen molar-refractivity contribution >= 4 is 61.6 Å². The number of aryl methyl sites for hydroxylation is 1. The largest absolute Gasteiger partial charge is 1.00 e. The molecule has 5 aromatic rings. The Kier molecular flexibility index (Phi) is 8.39. The van der Waals surface area contributed by atoms with Gasteiger partial charge in [-0.15, -0.1) is 22.1 Å². The van der Waals surface area contributed by atoms with Crippen LogP contribution in [0.3, 0.4) is 0 Å². The molecule has 0 bridgehead atoms. The molecule has 0 saturated heterocycles. The van der Waals surface area contributed by atoms with Crippen molar-refractivity contribution in [1.82, 2.24) is 0 Å². The van der Waals surface area contributed by atoms with Gasteiger partial charge < -0.3 is 28.4 Å². The summed E-state index contributed by atoms with van der Waals surface area (Å²) < 4.78 is 2.18. The zero-order valence-corrected chi connectivity index (χ0v) is 22.7. The second kappa shape index (κ2) is 11.3. The fourth-order valence-corrected chi connectivity index (χ4v) is 4.22. The van der Waals surface area contributed by atoms with E-state index in [1.807, 2.05) is 54.6 Å². The van der Waals surface area contributed by atoms with E-state index in [1.165, 1.54) is 0 Å². The van der Waals surface area contributed by atoms with Gasteiger partial charge in [0.2, 0.25) is 11.2 Å². The molecule has 0 fully saturated rings. The molecule has 0 saturated carbocycles. The van der Waals surface area contributed by atoms with Crippen LogP contribution >= 0.6 is 17.0 Å². The second-order valence-corrected chi connectivity index (χ2v) is 8.09. The topological polar surface area (TPSA) is 117 Å². The standard InChI is InChI=1S/C27H23N7.2BrH/c1-34-25-15-19(28)10-12-23(25)22-13-11-21(16-24(22)26(34)17-6-3-2-4-7-17)32-33-31-20-9-5-8-18(14-20)27(29)30;;/h2-16,28H,1H3,(H4,29,30,31,32);2*1H. The summed E-state index contributed by atoms with van der Waals surface area (Å²) in [5.41, 5.74) is 20.6. The molecule has 5 rings (SSSR count). The van der Waals surface area contributed by atoms with Crippen molar-refractivity contribution in [3.05, 3.63) is 96.6 Å². The van der Waals surface area contributed by atoms with Gasteiger partial charge >= 0.3 is 0 Å². The monoisotopic (exact) mass is 605 g/mol. The van der Waals surface area contributed by atoms with E-state index in [9.17, 15) is 0 Å². The summed E-state index contributed by atoms with van der Waals surface area (Å²) in [5.74, 6) is 0.00501. The SMILES string of the molecule is Br.C[n+]1c(-c2ccccc2)c2cc(N=NNc3cccc(C(=N)N)c3)ccc2c2ccc(N)cc21.[Br-]. The lowest BCUT2D eigenvalue weighted by molar-refractivity contribution is -0.632. The molecule has 0 spiro atoms. The predicted octanol–water partition coefficient (Wildman–Crippen LogP) is 3.04. The number of nitrogens with one attached hydrogen (secondary N) is 2. The Morgan fingerprint density at radius 2 is 1.61 bits per heavy atom. The van der Waals surface area contributed by atoms with Crippen molar-refractivity contribution in [2.24, 2.45) is 23.1 Å². The van der Waals surface area contributed by atoms with E-state index in [2.05, 4.69) is 51.6 Å². The highest BCUT2D eigenvalue weighted by atomic mass is 79.9.